The Balaban J connectivity index is 1.82. The van der Waals surface area contributed by atoms with E-state index in [1.165, 1.54) is 17.0 Å². The lowest BCUT2D eigenvalue weighted by Gasteiger charge is -2.24. The molecule has 26 heavy (non-hydrogen) atoms. The lowest BCUT2D eigenvalue weighted by molar-refractivity contribution is -0.142. The predicted octanol–water partition coefficient (Wildman–Crippen LogP) is 2.53. The summed E-state index contributed by atoms with van der Waals surface area (Å²) in [5.41, 5.74) is 1.93. The Kier molecular flexibility index (Phi) is 5.80. The van der Waals surface area contributed by atoms with Crippen LogP contribution in [0.4, 0.5) is 0 Å². The molecule has 7 heteroatoms. The first kappa shape index (κ1) is 18.3. The third-order valence-electron chi connectivity index (χ3n) is 4.22. The summed E-state index contributed by atoms with van der Waals surface area (Å²) in [5, 5.41) is 8.10. The topological polar surface area (TPSA) is 62.2 Å². The summed E-state index contributed by atoms with van der Waals surface area (Å²) < 4.78 is 4.85. The Morgan fingerprint density at radius 1 is 1.27 bits per heavy atom. The van der Waals surface area contributed by atoms with Crippen LogP contribution in [0.1, 0.15) is 22.9 Å². The molecule has 1 aliphatic rings. The second-order valence-corrected chi connectivity index (χ2v) is 7.02. The molecule has 0 saturated carbocycles. The van der Waals surface area contributed by atoms with Gasteiger partial charge in [0.1, 0.15) is 13.2 Å². The average molecular weight is 371 g/mol. The molecule has 0 aliphatic carbocycles. The van der Waals surface area contributed by atoms with Gasteiger partial charge in [0.05, 0.1) is 16.6 Å². The first-order valence-electron chi connectivity index (χ1n) is 8.31. The summed E-state index contributed by atoms with van der Waals surface area (Å²) in [5.74, 6) is -0.448. The van der Waals surface area contributed by atoms with Gasteiger partial charge in [0.2, 0.25) is 5.91 Å². The van der Waals surface area contributed by atoms with Gasteiger partial charge in [-0.2, -0.15) is 5.10 Å². The van der Waals surface area contributed by atoms with Crippen LogP contribution in [0.25, 0.3) is 0 Å². The molecule has 1 aromatic carbocycles. The van der Waals surface area contributed by atoms with E-state index in [1.807, 2.05) is 47.8 Å². The maximum atomic E-state index is 12.9. The highest BCUT2D eigenvalue weighted by Gasteiger charge is 2.34. The smallest absolute Gasteiger partial charge is 0.262 e. The van der Waals surface area contributed by atoms with Crippen LogP contribution in [0.15, 0.2) is 52.9 Å². The first-order chi connectivity index (χ1) is 12.6. The number of ether oxygens (including phenoxy) is 1. The number of methoxy groups -OCH3 is 1. The third kappa shape index (κ3) is 4.00. The van der Waals surface area contributed by atoms with Crippen molar-refractivity contribution in [2.45, 2.75) is 12.5 Å². The number of thiophene rings is 1. The van der Waals surface area contributed by atoms with Gasteiger partial charge in [0.15, 0.2) is 0 Å². The number of likely N-dealkylation sites (N-methyl/N-ethyl adjacent to an activating group) is 1. The van der Waals surface area contributed by atoms with Gasteiger partial charge in [0, 0.05) is 20.6 Å². The van der Waals surface area contributed by atoms with Crippen LogP contribution < -0.4 is 0 Å². The van der Waals surface area contributed by atoms with E-state index in [9.17, 15) is 9.59 Å². The van der Waals surface area contributed by atoms with E-state index in [1.54, 1.807) is 18.4 Å². The molecule has 2 heterocycles. The van der Waals surface area contributed by atoms with Crippen LogP contribution in [0.5, 0.6) is 0 Å². The average Bonchev–Trinajstić information content (AvgIpc) is 3.32. The number of rotatable bonds is 6. The molecular formula is C19H21N3O3S. The number of amides is 2. The minimum atomic E-state index is -0.237. The molecule has 136 valence electrons. The predicted molar refractivity (Wildman–Crippen MR) is 101 cm³/mol. The van der Waals surface area contributed by atoms with Crippen LogP contribution in [0, 0.1) is 0 Å². The summed E-state index contributed by atoms with van der Waals surface area (Å²) in [4.78, 5) is 27.2. The van der Waals surface area contributed by atoms with E-state index in [0.29, 0.717) is 6.42 Å². The molecular weight excluding hydrogens is 350 g/mol. The van der Waals surface area contributed by atoms with Crippen molar-refractivity contribution >= 4 is 28.9 Å². The molecule has 0 fully saturated rings. The van der Waals surface area contributed by atoms with Crippen LogP contribution >= 0.6 is 11.3 Å². The Morgan fingerprint density at radius 3 is 2.69 bits per heavy atom. The maximum absolute atomic E-state index is 12.9. The van der Waals surface area contributed by atoms with Gasteiger partial charge >= 0.3 is 0 Å². The molecule has 1 aromatic heterocycles. The fourth-order valence-corrected chi connectivity index (χ4v) is 3.58. The van der Waals surface area contributed by atoms with Gasteiger partial charge in [-0.3, -0.25) is 9.59 Å². The van der Waals surface area contributed by atoms with E-state index >= 15 is 0 Å². The minimum absolute atomic E-state index is 0.0350. The fourth-order valence-electron chi connectivity index (χ4n) is 2.86. The fraction of sp³-hybridized carbons (Fsp3) is 0.316. The molecule has 0 N–H and O–H groups in total. The summed E-state index contributed by atoms with van der Waals surface area (Å²) in [6.07, 6.45) is 0.659. The van der Waals surface area contributed by atoms with Gasteiger partial charge < -0.3 is 9.64 Å². The second-order valence-electron chi connectivity index (χ2n) is 6.08. The summed E-state index contributed by atoms with van der Waals surface area (Å²) in [7, 11) is 3.05. The van der Waals surface area contributed by atoms with E-state index in [2.05, 4.69) is 5.10 Å². The Bertz CT molecular complexity index is 790. The minimum Gasteiger partial charge on any atom is -0.375 e. The maximum Gasteiger partial charge on any atom is 0.262 e. The van der Waals surface area contributed by atoms with Gasteiger partial charge in [-0.25, -0.2) is 5.01 Å². The Morgan fingerprint density at radius 2 is 2.04 bits per heavy atom. The SMILES string of the molecule is COCC(=O)N(C)CC(=O)N1N=C(c2cccs2)C[C@@H]1c1ccccc1. The summed E-state index contributed by atoms with van der Waals surface area (Å²) >= 11 is 1.61. The van der Waals surface area contributed by atoms with Crippen molar-refractivity contribution in [3.8, 4) is 0 Å². The zero-order valence-electron chi connectivity index (χ0n) is 14.8. The number of hydrogen-bond donors (Lipinski definition) is 0. The third-order valence-corrected chi connectivity index (χ3v) is 5.14. The van der Waals surface area contributed by atoms with Crippen molar-refractivity contribution in [1.82, 2.24) is 9.91 Å². The molecule has 0 spiro atoms. The molecule has 6 nitrogen and oxygen atoms in total. The number of carbonyl (C=O) groups excluding carboxylic acids is 2. The van der Waals surface area contributed by atoms with Crippen LogP contribution in [0.3, 0.4) is 0 Å². The largest absolute Gasteiger partial charge is 0.375 e. The van der Waals surface area contributed by atoms with E-state index in [-0.39, 0.29) is 31.0 Å². The summed E-state index contributed by atoms with van der Waals surface area (Å²) in [6, 6.07) is 13.7. The molecule has 3 rings (SSSR count). The standard InChI is InChI=1S/C19H21N3O3S/c1-21(19(24)13-25-2)12-18(23)22-16(14-7-4-3-5-8-14)11-15(20-22)17-9-6-10-26-17/h3-10,16H,11-13H2,1-2H3/t16-/m1/s1. The molecule has 1 atom stereocenters. The molecule has 2 aromatic rings. The molecule has 0 saturated heterocycles. The van der Waals surface area contributed by atoms with E-state index in [0.717, 1.165) is 16.2 Å². The highest BCUT2D eigenvalue weighted by molar-refractivity contribution is 7.12. The van der Waals surface area contributed by atoms with Crippen molar-refractivity contribution in [3.63, 3.8) is 0 Å². The zero-order chi connectivity index (χ0) is 18.5. The highest BCUT2D eigenvalue weighted by Crippen LogP contribution is 2.33. The van der Waals surface area contributed by atoms with Crippen molar-refractivity contribution in [1.29, 1.82) is 0 Å². The Hall–Kier alpha value is -2.51. The zero-order valence-corrected chi connectivity index (χ0v) is 15.6. The van der Waals surface area contributed by atoms with Crippen LogP contribution in [-0.2, 0) is 14.3 Å². The number of carbonyl (C=O) groups is 2. The molecule has 1 aliphatic heterocycles. The molecule has 0 bridgehead atoms. The number of hydrogen-bond acceptors (Lipinski definition) is 5. The number of hydrazone groups is 1. The number of nitrogens with zero attached hydrogens (tertiary/aromatic N) is 3. The van der Waals surface area contributed by atoms with Crippen molar-refractivity contribution < 1.29 is 14.3 Å². The summed E-state index contributed by atoms with van der Waals surface area (Å²) in [6.45, 7) is -0.0810. The quantitative estimate of drug-likeness (QED) is 0.784. The van der Waals surface area contributed by atoms with Crippen molar-refractivity contribution in [3.05, 3.63) is 58.3 Å². The normalized spacial score (nSPS) is 16.5. The van der Waals surface area contributed by atoms with Gasteiger partial charge in [-0.1, -0.05) is 36.4 Å². The number of benzene rings is 1. The van der Waals surface area contributed by atoms with Crippen LogP contribution in [-0.4, -0.2) is 54.7 Å². The lowest BCUT2D eigenvalue weighted by atomic mass is 10.0. The molecule has 0 unspecified atom stereocenters. The van der Waals surface area contributed by atoms with Crippen LogP contribution in [0.2, 0.25) is 0 Å². The van der Waals surface area contributed by atoms with Gasteiger partial charge in [-0.05, 0) is 17.0 Å². The Labute approximate surface area is 156 Å². The second kappa shape index (κ2) is 8.25. The van der Waals surface area contributed by atoms with E-state index < -0.39 is 0 Å². The first-order valence-corrected chi connectivity index (χ1v) is 9.19. The molecule has 0 radical (unpaired) electrons. The molecule has 2 amide bonds. The monoisotopic (exact) mass is 371 g/mol. The lowest BCUT2D eigenvalue weighted by Crippen LogP contribution is -2.40. The van der Waals surface area contributed by atoms with E-state index in [4.69, 9.17) is 4.74 Å². The van der Waals surface area contributed by atoms with Gasteiger partial charge in [-0.15, -0.1) is 11.3 Å². The van der Waals surface area contributed by atoms with Gasteiger partial charge in [0.25, 0.3) is 5.91 Å². The highest BCUT2D eigenvalue weighted by atomic mass is 32.1. The van der Waals surface area contributed by atoms with Crippen molar-refractivity contribution in [2.24, 2.45) is 5.10 Å². The van der Waals surface area contributed by atoms with Crippen molar-refractivity contribution in [2.75, 3.05) is 27.3 Å².